The Kier molecular flexibility index (Phi) is 4.72. The number of carbonyl (C=O) groups is 2. The summed E-state index contributed by atoms with van der Waals surface area (Å²) in [6.45, 7) is 3.39. The minimum Gasteiger partial charge on any atom is -0.382 e. The molecule has 4 rings (SSSR count). The Labute approximate surface area is 157 Å². The van der Waals surface area contributed by atoms with Crippen molar-refractivity contribution in [3.8, 4) is 0 Å². The van der Waals surface area contributed by atoms with E-state index in [4.69, 9.17) is 5.73 Å². The van der Waals surface area contributed by atoms with Crippen molar-refractivity contribution >= 4 is 28.9 Å². The van der Waals surface area contributed by atoms with Gasteiger partial charge in [-0.1, -0.05) is 0 Å². The Bertz CT molecular complexity index is 874. The topological polar surface area (TPSA) is 113 Å². The highest BCUT2D eigenvalue weighted by Crippen LogP contribution is 2.35. The molecule has 0 atom stereocenters. The smallest absolute Gasteiger partial charge is 0.278 e. The van der Waals surface area contributed by atoms with Gasteiger partial charge >= 0.3 is 0 Å². The summed E-state index contributed by atoms with van der Waals surface area (Å²) >= 11 is 0. The maximum atomic E-state index is 12.7. The van der Waals surface area contributed by atoms with E-state index in [0.29, 0.717) is 11.3 Å². The van der Waals surface area contributed by atoms with Crippen LogP contribution in [0.2, 0.25) is 0 Å². The molecule has 1 aromatic heterocycles. The van der Waals surface area contributed by atoms with Crippen LogP contribution in [0.15, 0.2) is 30.6 Å². The van der Waals surface area contributed by atoms with Gasteiger partial charge < -0.3 is 21.3 Å². The molecule has 0 bridgehead atoms. The number of hydrogen-bond donors (Lipinski definition) is 3. The van der Waals surface area contributed by atoms with Gasteiger partial charge in [0.2, 0.25) is 0 Å². The molecule has 1 aliphatic heterocycles. The Hall–Kier alpha value is -3.00. The molecule has 1 aromatic carbocycles. The Balaban J connectivity index is 1.66. The average Bonchev–Trinajstić information content (AvgIpc) is 3.53. The van der Waals surface area contributed by atoms with Crippen molar-refractivity contribution in [1.29, 1.82) is 0 Å². The summed E-state index contributed by atoms with van der Waals surface area (Å²) in [5.41, 5.74) is 7.96. The first-order valence-corrected chi connectivity index (χ1v) is 9.15. The number of nitrogens with one attached hydrogen (secondary N) is 2. The van der Waals surface area contributed by atoms with E-state index in [1.54, 1.807) is 6.07 Å². The molecule has 1 amide bonds. The lowest BCUT2D eigenvalue weighted by Gasteiger charge is -2.31. The van der Waals surface area contributed by atoms with Crippen molar-refractivity contribution in [3.63, 3.8) is 0 Å². The number of amides is 1. The fraction of sp³-hybridized carbons (Fsp3) is 0.368. The Morgan fingerprint density at radius 3 is 2.59 bits per heavy atom. The lowest BCUT2D eigenvalue weighted by atomic mass is 10.0. The van der Waals surface area contributed by atoms with Crippen molar-refractivity contribution < 1.29 is 9.59 Å². The van der Waals surface area contributed by atoms with E-state index in [0.717, 1.165) is 44.7 Å². The third kappa shape index (κ3) is 3.75. The van der Waals surface area contributed by atoms with Gasteiger partial charge in [0, 0.05) is 50.1 Å². The van der Waals surface area contributed by atoms with Crippen LogP contribution in [-0.2, 0) is 0 Å². The first kappa shape index (κ1) is 17.4. The van der Waals surface area contributed by atoms with Crippen molar-refractivity contribution in [2.75, 3.05) is 42.1 Å². The highest BCUT2D eigenvalue weighted by molar-refractivity contribution is 6.08. The van der Waals surface area contributed by atoms with E-state index in [1.165, 1.54) is 12.4 Å². The molecule has 1 saturated carbocycles. The van der Waals surface area contributed by atoms with E-state index >= 15 is 0 Å². The molecule has 2 fully saturated rings. The largest absolute Gasteiger partial charge is 0.382 e. The summed E-state index contributed by atoms with van der Waals surface area (Å²) in [5.74, 6) is -0.109. The fourth-order valence-electron chi connectivity index (χ4n) is 3.26. The van der Waals surface area contributed by atoms with Gasteiger partial charge in [0.15, 0.2) is 17.3 Å². The second-order valence-corrected chi connectivity index (χ2v) is 6.85. The van der Waals surface area contributed by atoms with E-state index in [9.17, 15) is 9.59 Å². The average molecular weight is 366 g/mol. The van der Waals surface area contributed by atoms with Gasteiger partial charge in [-0.3, -0.25) is 9.59 Å². The molecule has 0 spiro atoms. The summed E-state index contributed by atoms with van der Waals surface area (Å²) in [4.78, 5) is 35.3. The molecule has 27 heavy (non-hydrogen) atoms. The number of nitrogens with two attached hydrogens (primary N) is 1. The van der Waals surface area contributed by atoms with Gasteiger partial charge in [0.25, 0.3) is 5.91 Å². The normalized spacial score (nSPS) is 16.8. The van der Waals surface area contributed by atoms with Gasteiger partial charge in [-0.2, -0.15) is 0 Å². The summed E-state index contributed by atoms with van der Waals surface area (Å²) in [6, 6.07) is 5.53. The number of nitrogen functional groups attached to an aromatic ring is 1. The lowest BCUT2D eigenvalue weighted by Crippen LogP contribution is -2.43. The van der Waals surface area contributed by atoms with Crippen molar-refractivity contribution in [3.05, 3.63) is 41.9 Å². The van der Waals surface area contributed by atoms with E-state index in [2.05, 4.69) is 25.5 Å². The maximum absolute atomic E-state index is 12.7. The molecule has 1 saturated heterocycles. The quantitative estimate of drug-likeness (QED) is 0.684. The highest BCUT2D eigenvalue weighted by atomic mass is 16.2. The predicted octanol–water partition coefficient (Wildman–Crippen LogP) is 1.31. The number of hydrogen-bond acceptors (Lipinski definition) is 7. The second kappa shape index (κ2) is 7.32. The van der Waals surface area contributed by atoms with Crippen molar-refractivity contribution in [2.24, 2.45) is 5.92 Å². The molecule has 2 heterocycles. The van der Waals surface area contributed by atoms with Crippen LogP contribution in [0.4, 0.5) is 17.2 Å². The van der Waals surface area contributed by atoms with Crippen LogP contribution in [0.3, 0.4) is 0 Å². The molecule has 1 aliphatic carbocycles. The summed E-state index contributed by atoms with van der Waals surface area (Å²) < 4.78 is 0. The number of anilines is 3. The third-order valence-electron chi connectivity index (χ3n) is 4.88. The number of rotatable bonds is 5. The molecule has 2 aromatic rings. The molecule has 8 heteroatoms. The van der Waals surface area contributed by atoms with Crippen LogP contribution in [0.5, 0.6) is 0 Å². The Morgan fingerprint density at radius 1 is 1.15 bits per heavy atom. The molecular formula is C19H22N6O2. The van der Waals surface area contributed by atoms with Gasteiger partial charge in [0.1, 0.15) is 0 Å². The lowest BCUT2D eigenvalue weighted by molar-refractivity contribution is 0.0966. The van der Waals surface area contributed by atoms with Crippen molar-refractivity contribution in [1.82, 2.24) is 15.3 Å². The minimum atomic E-state index is -0.437. The number of benzene rings is 1. The van der Waals surface area contributed by atoms with Crippen LogP contribution in [0, 0.1) is 5.92 Å². The first-order valence-electron chi connectivity index (χ1n) is 9.15. The summed E-state index contributed by atoms with van der Waals surface area (Å²) in [6.07, 6.45) is 4.75. The molecular weight excluding hydrogens is 344 g/mol. The molecule has 2 aliphatic rings. The summed E-state index contributed by atoms with van der Waals surface area (Å²) in [5, 5.41) is 6.20. The number of carbonyl (C=O) groups excluding carboxylic acids is 2. The van der Waals surface area contributed by atoms with Crippen LogP contribution in [0.1, 0.15) is 33.7 Å². The standard InChI is InChI=1S/C19H22N6O2/c20-18-16(22-5-6-23-18)19(27)24-14-11-13(17(26)12-1-2-12)3-4-15(14)25-9-7-21-8-10-25/h3-6,11-12,21H,1-2,7-10H2,(H2,20,23)(H,24,27). The number of Topliss-reactive ketones (excluding diaryl/α,β-unsaturated/α-hetero) is 1. The SMILES string of the molecule is Nc1nccnc1C(=O)Nc1cc(C(=O)C2CC2)ccc1N1CCNCC1. The van der Waals surface area contributed by atoms with Gasteiger partial charge in [-0.15, -0.1) is 0 Å². The fourth-order valence-corrected chi connectivity index (χ4v) is 3.26. The first-order chi connectivity index (χ1) is 13.1. The van der Waals surface area contributed by atoms with Gasteiger partial charge in [0.05, 0.1) is 11.4 Å². The Morgan fingerprint density at radius 2 is 1.89 bits per heavy atom. The zero-order chi connectivity index (χ0) is 18.8. The monoisotopic (exact) mass is 366 g/mol. The summed E-state index contributed by atoms with van der Waals surface area (Å²) in [7, 11) is 0. The molecule has 140 valence electrons. The zero-order valence-electron chi connectivity index (χ0n) is 14.9. The molecule has 0 unspecified atom stereocenters. The van der Waals surface area contributed by atoms with Crippen LogP contribution >= 0.6 is 0 Å². The van der Waals surface area contributed by atoms with Crippen LogP contribution < -0.4 is 21.3 Å². The van der Waals surface area contributed by atoms with E-state index in [1.807, 2.05) is 12.1 Å². The number of aromatic nitrogens is 2. The number of piperazine rings is 1. The molecule has 8 nitrogen and oxygen atoms in total. The molecule has 0 radical (unpaired) electrons. The van der Waals surface area contributed by atoms with Gasteiger partial charge in [-0.25, -0.2) is 9.97 Å². The minimum absolute atomic E-state index is 0.0719. The zero-order valence-corrected chi connectivity index (χ0v) is 14.9. The van der Waals surface area contributed by atoms with E-state index < -0.39 is 5.91 Å². The predicted molar refractivity (Wildman–Crippen MR) is 103 cm³/mol. The van der Waals surface area contributed by atoms with E-state index in [-0.39, 0.29) is 23.2 Å². The highest BCUT2D eigenvalue weighted by Gasteiger charge is 2.31. The maximum Gasteiger partial charge on any atom is 0.278 e. The number of nitrogens with zero attached hydrogens (tertiary/aromatic N) is 3. The second-order valence-electron chi connectivity index (χ2n) is 6.85. The number of ketones is 1. The third-order valence-corrected chi connectivity index (χ3v) is 4.88. The molecule has 4 N–H and O–H groups in total. The van der Waals surface area contributed by atoms with Crippen LogP contribution in [-0.4, -0.2) is 47.8 Å². The van der Waals surface area contributed by atoms with Gasteiger partial charge in [-0.05, 0) is 31.0 Å². The van der Waals surface area contributed by atoms with Crippen molar-refractivity contribution in [2.45, 2.75) is 12.8 Å². The van der Waals surface area contributed by atoms with Crippen LogP contribution in [0.25, 0.3) is 0 Å².